The standard InChI is InChI=1S/C20H13Cl2N3O3S/c1-10(25-18(27)12-4-2-3-5-13(12)19(25)28)17(26)24-20-23-16(9-29-20)14-7-6-11(21)8-15(14)22/h2-10H,1H3,(H,23,24,26)/t10-/m1/s1. The van der Waals surface area contributed by atoms with Crippen LogP contribution < -0.4 is 5.32 Å². The van der Waals surface area contributed by atoms with Gasteiger partial charge in [-0.1, -0.05) is 35.3 Å². The van der Waals surface area contributed by atoms with Gasteiger partial charge in [-0.2, -0.15) is 0 Å². The highest BCUT2D eigenvalue weighted by Crippen LogP contribution is 2.32. The van der Waals surface area contributed by atoms with E-state index in [0.29, 0.717) is 37.6 Å². The summed E-state index contributed by atoms with van der Waals surface area (Å²) in [5.41, 5.74) is 1.86. The van der Waals surface area contributed by atoms with Crippen LogP contribution in [0.1, 0.15) is 27.6 Å². The largest absolute Gasteiger partial charge is 0.300 e. The van der Waals surface area contributed by atoms with Crippen LogP contribution in [-0.2, 0) is 4.79 Å². The van der Waals surface area contributed by atoms with Crippen LogP contribution in [-0.4, -0.2) is 33.6 Å². The van der Waals surface area contributed by atoms with Crippen LogP contribution >= 0.6 is 34.5 Å². The minimum Gasteiger partial charge on any atom is -0.300 e. The predicted octanol–water partition coefficient (Wildman–Crippen LogP) is 4.74. The molecule has 0 unspecified atom stereocenters. The Morgan fingerprint density at radius 3 is 2.34 bits per heavy atom. The molecule has 9 heteroatoms. The Kier molecular flexibility index (Phi) is 5.12. The average molecular weight is 446 g/mol. The molecule has 1 aliphatic rings. The van der Waals surface area contributed by atoms with Crippen molar-refractivity contribution in [2.45, 2.75) is 13.0 Å². The summed E-state index contributed by atoms with van der Waals surface area (Å²) in [6, 6.07) is 10.6. The van der Waals surface area contributed by atoms with Gasteiger partial charge in [0.15, 0.2) is 5.13 Å². The smallest absolute Gasteiger partial charge is 0.262 e. The van der Waals surface area contributed by atoms with Gasteiger partial charge < -0.3 is 5.32 Å². The Morgan fingerprint density at radius 1 is 1.07 bits per heavy atom. The fourth-order valence-electron chi connectivity index (χ4n) is 3.04. The highest BCUT2D eigenvalue weighted by atomic mass is 35.5. The van der Waals surface area contributed by atoms with E-state index in [1.807, 2.05) is 0 Å². The van der Waals surface area contributed by atoms with Crippen molar-refractivity contribution in [3.05, 3.63) is 69.0 Å². The topological polar surface area (TPSA) is 79.4 Å². The number of anilines is 1. The molecule has 1 atom stereocenters. The number of amides is 3. The summed E-state index contributed by atoms with van der Waals surface area (Å²) in [6.07, 6.45) is 0. The Hall–Kier alpha value is -2.74. The molecule has 0 saturated heterocycles. The van der Waals surface area contributed by atoms with Crippen LogP contribution in [0, 0.1) is 0 Å². The van der Waals surface area contributed by atoms with Gasteiger partial charge in [0.1, 0.15) is 6.04 Å². The number of aromatic nitrogens is 1. The number of benzene rings is 2. The second-order valence-corrected chi connectivity index (χ2v) is 8.05. The maximum Gasteiger partial charge on any atom is 0.262 e. The van der Waals surface area contributed by atoms with Gasteiger partial charge in [0.25, 0.3) is 11.8 Å². The van der Waals surface area contributed by atoms with Gasteiger partial charge >= 0.3 is 0 Å². The fourth-order valence-corrected chi connectivity index (χ4v) is 4.26. The molecule has 29 heavy (non-hydrogen) atoms. The molecule has 0 fully saturated rings. The van der Waals surface area contributed by atoms with Crippen molar-refractivity contribution in [1.82, 2.24) is 9.88 Å². The molecular formula is C20H13Cl2N3O3S. The van der Waals surface area contributed by atoms with Crippen molar-refractivity contribution in [1.29, 1.82) is 0 Å². The van der Waals surface area contributed by atoms with Gasteiger partial charge in [-0.3, -0.25) is 19.3 Å². The quantitative estimate of drug-likeness (QED) is 0.588. The zero-order chi connectivity index (χ0) is 20.7. The number of rotatable bonds is 4. The first-order valence-electron chi connectivity index (χ1n) is 8.55. The molecule has 0 saturated carbocycles. The number of hydrogen-bond donors (Lipinski definition) is 1. The molecule has 0 spiro atoms. The van der Waals surface area contributed by atoms with Crippen LogP contribution in [0.4, 0.5) is 5.13 Å². The lowest BCUT2D eigenvalue weighted by Gasteiger charge is -2.21. The summed E-state index contributed by atoms with van der Waals surface area (Å²) in [6.45, 7) is 1.50. The van der Waals surface area contributed by atoms with Crippen molar-refractivity contribution >= 4 is 57.4 Å². The second kappa shape index (κ2) is 7.59. The summed E-state index contributed by atoms with van der Waals surface area (Å²) < 4.78 is 0. The van der Waals surface area contributed by atoms with Crippen molar-refractivity contribution in [3.63, 3.8) is 0 Å². The predicted molar refractivity (Wildman–Crippen MR) is 113 cm³/mol. The molecule has 2 heterocycles. The number of carbonyl (C=O) groups is 3. The first kappa shape index (κ1) is 19.6. The molecule has 0 radical (unpaired) electrons. The van der Waals surface area contributed by atoms with E-state index >= 15 is 0 Å². The lowest BCUT2D eigenvalue weighted by atomic mass is 10.1. The number of thiazole rings is 1. The molecule has 6 nitrogen and oxygen atoms in total. The molecular weight excluding hydrogens is 433 g/mol. The molecule has 3 aromatic rings. The third kappa shape index (κ3) is 3.53. The van der Waals surface area contributed by atoms with Crippen molar-refractivity contribution in [2.24, 2.45) is 0 Å². The summed E-state index contributed by atoms with van der Waals surface area (Å²) in [7, 11) is 0. The Labute approximate surface area is 180 Å². The first-order chi connectivity index (χ1) is 13.9. The Bertz CT molecular complexity index is 1130. The lowest BCUT2D eigenvalue weighted by Crippen LogP contribution is -2.45. The minimum atomic E-state index is -0.992. The van der Waals surface area contributed by atoms with Crippen molar-refractivity contribution in [3.8, 4) is 11.3 Å². The highest BCUT2D eigenvalue weighted by molar-refractivity contribution is 7.14. The Morgan fingerprint density at radius 2 is 1.72 bits per heavy atom. The van der Waals surface area contributed by atoms with Gasteiger partial charge in [-0.25, -0.2) is 4.98 Å². The molecule has 0 aliphatic carbocycles. The van der Waals surface area contributed by atoms with E-state index in [-0.39, 0.29) is 0 Å². The summed E-state index contributed by atoms with van der Waals surface area (Å²) in [5.74, 6) is -1.48. The third-order valence-electron chi connectivity index (χ3n) is 4.53. The molecule has 146 valence electrons. The van der Waals surface area contributed by atoms with Crippen LogP contribution in [0.3, 0.4) is 0 Å². The number of halogens is 2. The normalized spacial score (nSPS) is 14.1. The molecule has 2 aromatic carbocycles. The van der Waals surface area contributed by atoms with E-state index in [4.69, 9.17) is 23.2 Å². The van der Waals surface area contributed by atoms with Gasteiger partial charge in [0, 0.05) is 16.0 Å². The third-order valence-corrected chi connectivity index (χ3v) is 5.84. The lowest BCUT2D eigenvalue weighted by molar-refractivity contribution is -0.119. The number of nitrogens with zero attached hydrogens (tertiary/aromatic N) is 2. The molecule has 4 rings (SSSR count). The summed E-state index contributed by atoms with van der Waals surface area (Å²) in [5, 5.41) is 5.70. The zero-order valence-corrected chi connectivity index (χ0v) is 17.3. The molecule has 1 N–H and O–H groups in total. The van der Waals surface area contributed by atoms with E-state index in [9.17, 15) is 14.4 Å². The van der Waals surface area contributed by atoms with Crippen LogP contribution in [0.5, 0.6) is 0 Å². The molecule has 1 aromatic heterocycles. The minimum absolute atomic E-state index is 0.297. The summed E-state index contributed by atoms with van der Waals surface area (Å²) in [4.78, 5) is 43.1. The van der Waals surface area contributed by atoms with Gasteiger partial charge in [-0.05, 0) is 37.3 Å². The van der Waals surface area contributed by atoms with Crippen molar-refractivity contribution in [2.75, 3.05) is 5.32 Å². The second-order valence-electron chi connectivity index (χ2n) is 6.35. The summed E-state index contributed by atoms with van der Waals surface area (Å²) >= 11 is 13.3. The average Bonchev–Trinajstić information content (AvgIpc) is 3.25. The number of nitrogens with one attached hydrogen (secondary N) is 1. The Balaban J connectivity index is 1.51. The number of imide groups is 1. The number of carbonyl (C=O) groups excluding carboxylic acids is 3. The van der Waals surface area contributed by atoms with Crippen molar-refractivity contribution < 1.29 is 14.4 Å². The molecule has 3 amide bonds. The van der Waals surface area contributed by atoms with Crippen LogP contribution in [0.2, 0.25) is 10.0 Å². The highest BCUT2D eigenvalue weighted by Gasteiger charge is 2.40. The first-order valence-corrected chi connectivity index (χ1v) is 10.2. The van der Waals surface area contributed by atoms with E-state index < -0.39 is 23.8 Å². The van der Waals surface area contributed by atoms with E-state index in [1.165, 1.54) is 18.3 Å². The number of hydrogen-bond acceptors (Lipinski definition) is 5. The zero-order valence-electron chi connectivity index (χ0n) is 15.0. The molecule has 0 bridgehead atoms. The molecule has 1 aliphatic heterocycles. The maximum absolute atomic E-state index is 12.7. The van der Waals surface area contributed by atoms with E-state index in [2.05, 4.69) is 10.3 Å². The monoisotopic (exact) mass is 445 g/mol. The number of fused-ring (bicyclic) bond motifs is 1. The van der Waals surface area contributed by atoms with E-state index in [1.54, 1.807) is 47.8 Å². The van der Waals surface area contributed by atoms with E-state index in [0.717, 1.165) is 4.90 Å². The fraction of sp³-hybridized carbons (Fsp3) is 0.100. The SMILES string of the molecule is C[C@H](C(=O)Nc1nc(-c2ccc(Cl)cc2Cl)cs1)N1C(=O)c2ccccc2C1=O. The maximum atomic E-state index is 12.7. The van der Waals surface area contributed by atoms with Crippen LogP contribution in [0.25, 0.3) is 11.3 Å². The van der Waals surface area contributed by atoms with Crippen LogP contribution in [0.15, 0.2) is 47.8 Å². The van der Waals surface area contributed by atoms with Gasteiger partial charge in [-0.15, -0.1) is 11.3 Å². The van der Waals surface area contributed by atoms with Gasteiger partial charge in [0.05, 0.1) is 21.8 Å². The van der Waals surface area contributed by atoms with Gasteiger partial charge in [0.2, 0.25) is 5.91 Å².